The lowest BCUT2D eigenvalue weighted by Crippen LogP contribution is -2.52. The first-order valence-electron chi connectivity index (χ1n) is 15.5. The minimum Gasteiger partial charge on any atom is -0.444 e. The summed E-state index contributed by atoms with van der Waals surface area (Å²) >= 11 is 6.44. The Balaban J connectivity index is 1.26. The second-order valence-electron chi connectivity index (χ2n) is 13.5. The minimum atomic E-state index is -0.642. The number of H-pyrrole nitrogens is 1. The molecule has 2 bridgehead atoms. The summed E-state index contributed by atoms with van der Waals surface area (Å²) in [5.41, 5.74) is 5.05. The van der Waals surface area contributed by atoms with Gasteiger partial charge in [0.05, 0.1) is 24.3 Å². The number of Topliss-reactive ketones (excluding diaryl/α,β-unsaturated/α-hetero) is 1. The largest absolute Gasteiger partial charge is 0.444 e. The van der Waals surface area contributed by atoms with Crippen LogP contribution in [0.5, 0.6) is 0 Å². The zero-order valence-electron chi connectivity index (χ0n) is 25.4. The van der Waals surface area contributed by atoms with Crippen molar-refractivity contribution in [2.45, 2.75) is 58.2 Å². The van der Waals surface area contributed by atoms with Gasteiger partial charge in [-0.2, -0.15) is 0 Å². The Morgan fingerprint density at radius 2 is 1.84 bits per heavy atom. The van der Waals surface area contributed by atoms with E-state index in [2.05, 4.69) is 22.1 Å². The number of amides is 3. The number of piperidine rings is 1. The van der Waals surface area contributed by atoms with Crippen LogP contribution < -0.4 is 0 Å². The van der Waals surface area contributed by atoms with Crippen molar-refractivity contribution in [3.8, 4) is 11.1 Å². The number of aromatic nitrogens is 2. The smallest absolute Gasteiger partial charge is 0.410 e. The molecule has 2 saturated heterocycles. The van der Waals surface area contributed by atoms with Gasteiger partial charge < -0.3 is 24.3 Å². The number of ketones is 1. The molecule has 1 aromatic carbocycles. The molecular formula is C33H38ClN5O5. The highest BCUT2D eigenvalue weighted by molar-refractivity contribution is 6.35. The molecule has 5 heterocycles. The van der Waals surface area contributed by atoms with Gasteiger partial charge in [-0.1, -0.05) is 17.7 Å². The van der Waals surface area contributed by atoms with E-state index in [0.717, 1.165) is 51.7 Å². The van der Waals surface area contributed by atoms with Crippen molar-refractivity contribution < 1.29 is 23.9 Å². The van der Waals surface area contributed by atoms with Crippen LogP contribution in [0.25, 0.3) is 22.2 Å². The number of ether oxygens (including phenoxy) is 2. The van der Waals surface area contributed by atoms with E-state index in [4.69, 9.17) is 21.1 Å². The number of urea groups is 1. The molecule has 3 amide bonds. The molecule has 1 aliphatic carbocycles. The number of morpholine rings is 1. The molecule has 3 aliphatic heterocycles. The van der Waals surface area contributed by atoms with Gasteiger partial charge in [-0.3, -0.25) is 9.69 Å². The number of benzene rings is 1. The van der Waals surface area contributed by atoms with Crippen molar-refractivity contribution in [2.24, 2.45) is 11.8 Å². The summed E-state index contributed by atoms with van der Waals surface area (Å²) in [6.45, 7) is 8.74. The number of nitrogens with zero attached hydrogens (tertiary/aromatic N) is 4. The van der Waals surface area contributed by atoms with E-state index in [-0.39, 0.29) is 24.0 Å². The summed E-state index contributed by atoms with van der Waals surface area (Å²) in [5, 5.41) is 1.44. The van der Waals surface area contributed by atoms with E-state index in [1.165, 1.54) is 0 Å². The Bertz CT molecular complexity index is 1630. The Morgan fingerprint density at radius 1 is 1.07 bits per heavy atom. The first-order valence-corrected chi connectivity index (χ1v) is 15.9. The van der Waals surface area contributed by atoms with Crippen LogP contribution in [0.1, 0.15) is 56.3 Å². The number of fused-ring (bicyclic) bond motifs is 4. The second-order valence-corrected chi connectivity index (χ2v) is 13.9. The third-order valence-corrected chi connectivity index (χ3v) is 9.71. The van der Waals surface area contributed by atoms with Crippen molar-refractivity contribution in [3.05, 3.63) is 52.3 Å². The number of hydrogen-bond donors (Lipinski definition) is 1. The van der Waals surface area contributed by atoms with Crippen molar-refractivity contribution in [2.75, 3.05) is 39.4 Å². The Morgan fingerprint density at radius 3 is 2.59 bits per heavy atom. The van der Waals surface area contributed by atoms with Crippen LogP contribution >= 0.6 is 11.6 Å². The monoisotopic (exact) mass is 619 g/mol. The van der Waals surface area contributed by atoms with Crippen LogP contribution in [0, 0.1) is 11.8 Å². The van der Waals surface area contributed by atoms with E-state index in [1.54, 1.807) is 11.1 Å². The maximum atomic E-state index is 13.8. The van der Waals surface area contributed by atoms with Gasteiger partial charge in [-0.25, -0.2) is 14.6 Å². The summed E-state index contributed by atoms with van der Waals surface area (Å²) in [7, 11) is 0. The fourth-order valence-corrected chi connectivity index (χ4v) is 7.40. The molecule has 4 aliphatic rings. The highest BCUT2D eigenvalue weighted by Crippen LogP contribution is 2.39. The number of carbonyl (C=O) groups excluding carboxylic acids is 3. The summed E-state index contributed by atoms with van der Waals surface area (Å²) in [6, 6.07) is 5.90. The molecule has 3 fully saturated rings. The normalized spacial score (nSPS) is 23.7. The van der Waals surface area contributed by atoms with Crippen molar-refractivity contribution in [1.29, 1.82) is 0 Å². The quantitative estimate of drug-likeness (QED) is 0.401. The first kappa shape index (κ1) is 29.1. The van der Waals surface area contributed by atoms with Crippen molar-refractivity contribution in [1.82, 2.24) is 24.7 Å². The number of halogens is 1. The lowest BCUT2D eigenvalue weighted by molar-refractivity contribution is -0.126. The lowest BCUT2D eigenvalue weighted by Gasteiger charge is -2.41. The maximum absolute atomic E-state index is 13.8. The van der Waals surface area contributed by atoms with E-state index >= 15 is 0 Å². The Kier molecular flexibility index (Phi) is 7.32. The molecule has 2 aromatic heterocycles. The number of carbonyl (C=O) groups is 3. The highest BCUT2D eigenvalue weighted by atomic mass is 35.5. The average molecular weight is 620 g/mol. The fraction of sp³-hybridized carbons (Fsp3) is 0.515. The van der Waals surface area contributed by atoms with Gasteiger partial charge in [-0.15, -0.1) is 0 Å². The molecule has 0 spiro atoms. The Hall–Kier alpha value is -3.63. The second kappa shape index (κ2) is 11.1. The van der Waals surface area contributed by atoms with Gasteiger partial charge in [0, 0.05) is 67.9 Å². The molecule has 2 unspecified atom stereocenters. The van der Waals surface area contributed by atoms with E-state index < -0.39 is 11.6 Å². The molecule has 10 nitrogen and oxygen atoms in total. The van der Waals surface area contributed by atoms with Crippen LogP contribution in [0.4, 0.5) is 9.59 Å². The number of rotatable bonds is 2. The molecule has 1 N–H and O–H groups in total. The number of aromatic amines is 1. The Labute approximate surface area is 261 Å². The van der Waals surface area contributed by atoms with Crippen LogP contribution in [-0.4, -0.2) is 87.6 Å². The lowest BCUT2D eigenvalue weighted by atomic mass is 9.87. The van der Waals surface area contributed by atoms with E-state index in [0.29, 0.717) is 63.2 Å². The molecule has 44 heavy (non-hydrogen) atoms. The SMILES string of the molecule is CC(C)(C)OC(=O)N1CCOC[C@H]1c1cc(-c2cnc3[nH]cc(Cl)c3c2)cc2c1CN(C(=O)N1CC3CCC(C1)C3=O)CC2. The molecule has 11 heteroatoms. The maximum Gasteiger partial charge on any atom is 0.410 e. The molecule has 1 saturated carbocycles. The van der Waals surface area contributed by atoms with Gasteiger partial charge in [-0.05, 0) is 74.4 Å². The highest BCUT2D eigenvalue weighted by Gasteiger charge is 2.43. The fourth-order valence-electron chi connectivity index (χ4n) is 7.20. The molecule has 7 rings (SSSR count). The standard InChI is InChI=1S/C33H38ClN5O5/c1-33(2,3)44-32(42)39-8-9-43-18-28(39)24-11-22(23-12-25-27(34)14-36-30(25)35-13-23)10-19-6-7-37(17-26(19)24)31(41)38-15-20-4-5-21(16-38)29(20)40/h10-14,20-21,28H,4-9,15-18H2,1-3H3,(H,35,36)/t20?,21?,28-/m0/s1. The van der Waals surface area contributed by atoms with E-state index in [1.807, 2.05) is 42.8 Å². The summed E-state index contributed by atoms with van der Waals surface area (Å²) in [4.78, 5) is 53.0. The summed E-state index contributed by atoms with van der Waals surface area (Å²) in [5.74, 6) is 0.254. The molecule has 3 aromatic rings. The first-order chi connectivity index (χ1) is 21.1. The van der Waals surface area contributed by atoms with Gasteiger partial charge >= 0.3 is 12.1 Å². The number of nitrogens with one attached hydrogen (secondary N) is 1. The minimum absolute atomic E-state index is 0.0179. The van der Waals surface area contributed by atoms with Crippen LogP contribution in [-0.2, 0) is 27.2 Å². The third kappa shape index (κ3) is 5.32. The zero-order chi connectivity index (χ0) is 30.7. The van der Waals surface area contributed by atoms with Crippen LogP contribution in [0.2, 0.25) is 5.02 Å². The van der Waals surface area contributed by atoms with Gasteiger partial charge in [0.15, 0.2) is 0 Å². The van der Waals surface area contributed by atoms with Crippen LogP contribution in [0.3, 0.4) is 0 Å². The van der Waals surface area contributed by atoms with Crippen molar-refractivity contribution >= 4 is 40.5 Å². The number of pyridine rings is 1. The van der Waals surface area contributed by atoms with Gasteiger partial charge in [0.25, 0.3) is 0 Å². The van der Waals surface area contributed by atoms with E-state index in [9.17, 15) is 14.4 Å². The summed E-state index contributed by atoms with van der Waals surface area (Å²) < 4.78 is 11.8. The van der Waals surface area contributed by atoms with Gasteiger partial charge in [0.1, 0.15) is 17.0 Å². The predicted octanol–water partition coefficient (Wildman–Crippen LogP) is 5.58. The zero-order valence-corrected chi connectivity index (χ0v) is 26.2. The molecule has 0 radical (unpaired) electrons. The van der Waals surface area contributed by atoms with Crippen LogP contribution in [0.15, 0.2) is 30.6 Å². The summed E-state index contributed by atoms with van der Waals surface area (Å²) in [6.07, 6.45) is 5.59. The number of hydrogen-bond acceptors (Lipinski definition) is 6. The average Bonchev–Trinajstić information content (AvgIpc) is 3.45. The molecule has 232 valence electrons. The molecule has 3 atom stereocenters. The topological polar surface area (TPSA) is 108 Å². The molecular weight excluding hydrogens is 582 g/mol. The van der Waals surface area contributed by atoms with Gasteiger partial charge in [0.2, 0.25) is 0 Å². The predicted molar refractivity (Wildman–Crippen MR) is 165 cm³/mol. The van der Waals surface area contributed by atoms with Crippen molar-refractivity contribution in [3.63, 3.8) is 0 Å². The third-order valence-electron chi connectivity index (χ3n) is 9.40. The number of likely N-dealkylation sites (tertiary alicyclic amines) is 1.